The summed E-state index contributed by atoms with van der Waals surface area (Å²) in [6.45, 7) is 11.6. The molecule has 32 heavy (non-hydrogen) atoms. The molecule has 3 amide bonds. The highest BCUT2D eigenvalue weighted by Crippen LogP contribution is 2.40. The molecule has 1 N–H and O–H groups in total. The summed E-state index contributed by atoms with van der Waals surface area (Å²) in [5.41, 5.74) is 6.26. The van der Waals surface area contributed by atoms with Gasteiger partial charge in [0.05, 0.1) is 12.1 Å². The number of urea groups is 1. The minimum Gasteiger partial charge on any atom is -0.363 e. The number of anilines is 1. The van der Waals surface area contributed by atoms with E-state index in [1.165, 1.54) is 23.4 Å². The van der Waals surface area contributed by atoms with Crippen LogP contribution in [0.5, 0.6) is 0 Å². The lowest BCUT2D eigenvalue weighted by Gasteiger charge is -2.43. The van der Waals surface area contributed by atoms with E-state index in [-0.39, 0.29) is 29.5 Å². The van der Waals surface area contributed by atoms with Gasteiger partial charge in [-0.25, -0.2) is 9.18 Å². The van der Waals surface area contributed by atoms with E-state index in [0.717, 1.165) is 28.1 Å². The quantitative estimate of drug-likeness (QED) is 0.529. The minimum atomic E-state index is -0.476. The average Bonchev–Trinajstić information content (AvgIpc) is 2.98. The van der Waals surface area contributed by atoms with Crippen molar-refractivity contribution in [2.24, 2.45) is 0 Å². The van der Waals surface area contributed by atoms with Crippen LogP contribution >= 0.6 is 0 Å². The number of halogens is 1. The Morgan fingerprint density at radius 1 is 1.09 bits per heavy atom. The number of imide groups is 1. The Balaban J connectivity index is 1.66. The van der Waals surface area contributed by atoms with Gasteiger partial charge in [0, 0.05) is 17.8 Å². The Labute approximate surface area is 188 Å². The van der Waals surface area contributed by atoms with Crippen molar-refractivity contribution in [3.8, 4) is 0 Å². The van der Waals surface area contributed by atoms with E-state index in [4.69, 9.17) is 0 Å². The van der Waals surface area contributed by atoms with E-state index in [0.29, 0.717) is 5.56 Å². The number of benzene rings is 2. The number of rotatable bonds is 4. The van der Waals surface area contributed by atoms with Crippen molar-refractivity contribution in [2.75, 3.05) is 11.4 Å². The molecule has 6 heteroatoms. The summed E-state index contributed by atoms with van der Waals surface area (Å²) in [5, 5.41) is 2.68. The predicted octanol–water partition coefficient (Wildman–Crippen LogP) is 5.25. The van der Waals surface area contributed by atoms with E-state index >= 15 is 0 Å². The summed E-state index contributed by atoms with van der Waals surface area (Å²) in [5.74, 6) is -0.746. The number of amides is 3. The van der Waals surface area contributed by atoms with Gasteiger partial charge in [-0.1, -0.05) is 18.2 Å². The zero-order valence-corrected chi connectivity index (χ0v) is 19.1. The fraction of sp³-hybridized carbons (Fsp3) is 0.308. The fourth-order valence-corrected chi connectivity index (χ4v) is 4.62. The molecule has 4 rings (SSSR count). The largest absolute Gasteiger partial charge is 0.363 e. The number of hydrogen-bond donors (Lipinski definition) is 1. The van der Waals surface area contributed by atoms with Crippen molar-refractivity contribution in [3.05, 3.63) is 76.2 Å². The zero-order chi connectivity index (χ0) is 23.2. The Bertz CT molecular complexity index is 1160. The molecule has 2 aliphatic rings. The molecule has 0 unspecified atom stereocenters. The lowest BCUT2D eigenvalue weighted by atomic mass is 9.87. The molecule has 0 atom stereocenters. The van der Waals surface area contributed by atoms with Gasteiger partial charge < -0.3 is 10.2 Å². The second kappa shape index (κ2) is 7.93. The number of hydrogen-bond acceptors (Lipinski definition) is 3. The smallest absolute Gasteiger partial charge is 0.329 e. The molecule has 2 heterocycles. The Morgan fingerprint density at radius 3 is 2.44 bits per heavy atom. The highest BCUT2D eigenvalue weighted by Gasteiger charge is 2.34. The third-order valence-corrected chi connectivity index (χ3v) is 6.20. The molecule has 0 aromatic heterocycles. The summed E-state index contributed by atoms with van der Waals surface area (Å²) >= 11 is 0. The van der Waals surface area contributed by atoms with Gasteiger partial charge in [-0.05, 0) is 87.2 Å². The van der Waals surface area contributed by atoms with Gasteiger partial charge in [0.1, 0.15) is 11.5 Å². The van der Waals surface area contributed by atoms with Crippen LogP contribution in [0.1, 0.15) is 49.9 Å². The van der Waals surface area contributed by atoms with Crippen LogP contribution in [0.2, 0.25) is 0 Å². The molecule has 2 aliphatic heterocycles. The third-order valence-electron chi connectivity index (χ3n) is 6.20. The van der Waals surface area contributed by atoms with Gasteiger partial charge in [0.25, 0.3) is 5.91 Å². The summed E-state index contributed by atoms with van der Waals surface area (Å²) in [6.07, 6.45) is 4.00. The first-order valence-electron chi connectivity index (χ1n) is 10.8. The number of aryl methyl sites for hydroxylation is 1. The Hall–Kier alpha value is -3.41. The summed E-state index contributed by atoms with van der Waals surface area (Å²) in [6, 6.07) is 9.54. The first kappa shape index (κ1) is 21.8. The van der Waals surface area contributed by atoms with Crippen LogP contribution in [-0.2, 0) is 11.3 Å². The van der Waals surface area contributed by atoms with Gasteiger partial charge in [-0.3, -0.25) is 9.69 Å². The number of allylic oxidation sites excluding steroid dienone is 1. The molecule has 2 aromatic rings. The highest BCUT2D eigenvalue weighted by atomic mass is 19.1. The number of nitrogens with one attached hydrogen (secondary N) is 1. The molecule has 1 saturated heterocycles. The van der Waals surface area contributed by atoms with Crippen molar-refractivity contribution in [3.63, 3.8) is 0 Å². The lowest BCUT2D eigenvalue weighted by molar-refractivity contribution is -0.123. The number of carbonyl (C=O) groups is 2. The molecule has 0 bridgehead atoms. The molecule has 1 fully saturated rings. The van der Waals surface area contributed by atoms with Gasteiger partial charge in [-0.15, -0.1) is 0 Å². The Morgan fingerprint density at radius 2 is 1.78 bits per heavy atom. The van der Waals surface area contributed by atoms with Gasteiger partial charge in [0.2, 0.25) is 0 Å². The van der Waals surface area contributed by atoms with Crippen molar-refractivity contribution in [1.82, 2.24) is 10.2 Å². The Kier molecular flexibility index (Phi) is 5.41. The second-order valence-corrected chi connectivity index (χ2v) is 8.96. The monoisotopic (exact) mass is 433 g/mol. The molecular weight excluding hydrogens is 405 g/mol. The second-order valence-electron chi connectivity index (χ2n) is 8.96. The molecular formula is C26H28FN3O2. The minimum absolute atomic E-state index is 0.0749. The SMILES string of the molecule is CCN1c2cc(C)c(/C=C3/NC(=O)N(Cc4ccc(F)cc4)C3=O)cc2C(C)=CC1(C)C. The maximum atomic E-state index is 13.2. The molecule has 0 saturated carbocycles. The van der Waals surface area contributed by atoms with Crippen LogP contribution in [0.25, 0.3) is 11.6 Å². The van der Waals surface area contributed by atoms with Crippen LogP contribution in [0, 0.1) is 12.7 Å². The van der Waals surface area contributed by atoms with Gasteiger partial charge in [-0.2, -0.15) is 0 Å². The molecule has 5 nitrogen and oxygen atoms in total. The van der Waals surface area contributed by atoms with E-state index in [1.807, 2.05) is 6.92 Å². The normalized spacial score (nSPS) is 18.7. The fourth-order valence-electron chi connectivity index (χ4n) is 4.62. The first-order chi connectivity index (χ1) is 15.1. The van der Waals surface area contributed by atoms with E-state index in [1.54, 1.807) is 18.2 Å². The topological polar surface area (TPSA) is 52.7 Å². The molecule has 2 aromatic carbocycles. The zero-order valence-electron chi connectivity index (χ0n) is 19.1. The number of nitrogens with zero attached hydrogens (tertiary/aromatic N) is 2. The molecule has 0 aliphatic carbocycles. The summed E-state index contributed by atoms with van der Waals surface area (Å²) < 4.78 is 13.2. The van der Waals surface area contributed by atoms with Crippen LogP contribution in [-0.4, -0.2) is 28.9 Å². The summed E-state index contributed by atoms with van der Waals surface area (Å²) in [4.78, 5) is 28.9. The van der Waals surface area contributed by atoms with Crippen LogP contribution in [0.3, 0.4) is 0 Å². The van der Waals surface area contributed by atoms with E-state index < -0.39 is 6.03 Å². The van der Waals surface area contributed by atoms with E-state index in [2.05, 4.69) is 56.1 Å². The van der Waals surface area contributed by atoms with Crippen LogP contribution < -0.4 is 10.2 Å². The third kappa shape index (κ3) is 3.81. The number of carbonyl (C=O) groups excluding carboxylic acids is 2. The van der Waals surface area contributed by atoms with Crippen molar-refractivity contribution < 1.29 is 14.0 Å². The van der Waals surface area contributed by atoms with Gasteiger partial charge in [0.15, 0.2) is 0 Å². The number of fused-ring (bicyclic) bond motifs is 1. The average molecular weight is 434 g/mol. The van der Waals surface area contributed by atoms with Crippen molar-refractivity contribution >= 4 is 29.3 Å². The highest BCUT2D eigenvalue weighted by molar-refractivity contribution is 6.14. The predicted molar refractivity (Wildman–Crippen MR) is 125 cm³/mol. The molecule has 0 spiro atoms. The van der Waals surface area contributed by atoms with Crippen molar-refractivity contribution in [1.29, 1.82) is 0 Å². The standard InChI is InChI=1S/C26H28FN3O2/c1-6-30-23-11-16(2)19(12-21(23)17(3)14-26(30,4)5)13-22-24(31)29(25(32)28-22)15-18-7-9-20(27)10-8-18/h7-14H,6,15H2,1-5H3,(H,28,32)/b22-13+. The number of likely N-dealkylation sites (N-methyl/N-ethyl adjacent to an activating group) is 1. The van der Waals surface area contributed by atoms with Crippen LogP contribution in [0.15, 0.2) is 48.2 Å². The van der Waals surface area contributed by atoms with E-state index in [9.17, 15) is 14.0 Å². The van der Waals surface area contributed by atoms with Crippen LogP contribution in [0.4, 0.5) is 14.9 Å². The lowest BCUT2D eigenvalue weighted by Crippen LogP contribution is -2.44. The van der Waals surface area contributed by atoms with Crippen molar-refractivity contribution in [2.45, 2.75) is 46.7 Å². The maximum absolute atomic E-state index is 13.2. The summed E-state index contributed by atoms with van der Waals surface area (Å²) in [7, 11) is 0. The van der Waals surface area contributed by atoms with Gasteiger partial charge >= 0.3 is 6.03 Å². The molecule has 166 valence electrons. The first-order valence-corrected chi connectivity index (χ1v) is 10.8. The maximum Gasteiger partial charge on any atom is 0.329 e. The molecule has 0 radical (unpaired) electrons.